The number of aromatic hydroxyl groups is 1. The maximum atomic E-state index is 14.7. The molecule has 0 unspecified atom stereocenters. The molecule has 51 heavy (non-hydrogen) atoms. The van der Waals surface area contributed by atoms with E-state index in [9.17, 15) is 24.2 Å². The third-order valence-electron chi connectivity index (χ3n) is 8.91. The van der Waals surface area contributed by atoms with E-state index in [1.807, 2.05) is 22.4 Å². The first-order valence-corrected chi connectivity index (χ1v) is 19.7. The Hall–Kier alpha value is -3.09. The molecular formula is C33H41FN5O9PS2-2. The number of nitrogens with one attached hydrogen (secondary N) is 2. The maximum Gasteiger partial charge on any atom is 0.305 e. The Labute approximate surface area is 301 Å². The zero-order valence-electron chi connectivity index (χ0n) is 28.2. The molecule has 4 aromatic rings. The average molecular weight is 766 g/mol. The van der Waals surface area contributed by atoms with Gasteiger partial charge in [-0.3, -0.25) is 14.5 Å². The average Bonchev–Trinajstić information content (AvgIpc) is 3.73. The van der Waals surface area contributed by atoms with Crippen LogP contribution >= 0.6 is 30.5 Å². The largest absolute Gasteiger partial charge is 0.790 e. The minimum absolute atomic E-state index is 0.0206. The molecule has 1 amide bonds. The van der Waals surface area contributed by atoms with Crippen LogP contribution < -0.4 is 20.0 Å². The first kappa shape index (κ1) is 39.1. The molecule has 2 aliphatic heterocycles. The Kier molecular flexibility index (Phi) is 12.8. The summed E-state index contributed by atoms with van der Waals surface area (Å²) in [6.07, 6.45) is 1.20. The lowest BCUT2D eigenvalue weighted by Crippen LogP contribution is -2.58. The van der Waals surface area contributed by atoms with E-state index in [0.717, 1.165) is 47.8 Å². The number of hydrogen-bond acceptors (Lipinski definition) is 13. The van der Waals surface area contributed by atoms with Gasteiger partial charge in [-0.25, -0.2) is 9.37 Å². The van der Waals surface area contributed by atoms with Gasteiger partial charge in [-0.2, -0.15) is 0 Å². The van der Waals surface area contributed by atoms with Gasteiger partial charge in [-0.05, 0) is 49.1 Å². The van der Waals surface area contributed by atoms with E-state index in [1.54, 1.807) is 6.07 Å². The van der Waals surface area contributed by atoms with Crippen LogP contribution in [-0.4, -0.2) is 92.3 Å². The number of fused-ring (bicyclic) bond motifs is 1. The zero-order valence-corrected chi connectivity index (χ0v) is 30.7. The number of aliphatic hydroxyl groups is 1. The molecule has 2 fully saturated rings. The quantitative estimate of drug-likeness (QED) is 0.116. The number of likely N-dealkylation sites (tertiary alicyclic amines) is 1. The number of nitrogens with zero attached hydrogens (tertiary/aromatic N) is 3. The molecule has 14 nitrogen and oxygen atoms in total. The Morgan fingerprint density at radius 2 is 1.94 bits per heavy atom. The van der Waals surface area contributed by atoms with Crippen molar-refractivity contribution in [1.29, 1.82) is 0 Å². The standard InChI is InChI=1S/C33H40FN5O5S2.H3O4P/c1-20(2)30-36-25(18-45-30)31(42)39-13-14-44-33(19-39)8-11-38(12-9-33)17-21-3-5-24(34)22(15-21)7-10-35-16-27(41)23-4-6-26(40)28-29(23)46-32(43)37-28;1-5(2,3)4/h3-6,15,18,20,27,35,40-41H,7-14,16-17,19H2,1-2H3,(H,37,43);(H3,1,2,3,4)/p-2/t27-;/m0./s1. The number of carbonyl (C=O) groups excluding carboxylic acids is 1. The van der Waals surface area contributed by atoms with Crippen LogP contribution in [0.2, 0.25) is 0 Å². The molecule has 2 aromatic heterocycles. The van der Waals surface area contributed by atoms with Gasteiger partial charge in [0.1, 0.15) is 22.8 Å². The van der Waals surface area contributed by atoms with Crippen LogP contribution in [0.1, 0.15) is 70.9 Å². The number of morpholine rings is 1. The minimum atomic E-state index is -5.14. The number of rotatable bonds is 10. The number of aromatic nitrogens is 2. The van der Waals surface area contributed by atoms with Crippen LogP contribution in [0, 0.1) is 5.82 Å². The summed E-state index contributed by atoms with van der Waals surface area (Å²) in [5.41, 5.74) is 2.69. The number of hydrogen-bond donors (Lipinski definition) is 5. The van der Waals surface area contributed by atoms with Gasteiger partial charge in [0.15, 0.2) is 0 Å². The smallest absolute Gasteiger partial charge is 0.305 e. The van der Waals surface area contributed by atoms with Gasteiger partial charge in [0.25, 0.3) is 5.91 Å². The number of thiazole rings is 2. The SMILES string of the molecule is CC(C)c1nc(C(=O)N2CCOC3(CCN(Cc4ccc(F)c(CCNC[C@H](O)c5ccc(O)c6[nH]c(=O)sc56)c4)CC3)C2)cs1.O=P([O-])([O-])O. The summed E-state index contributed by atoms with van der Waals surface area (Å²) in [5, 5.41) is 26.8. The number of amides is 1. The maximum absolute atomic E-state index is 14.7. The molecule has 2 aromatic carbocycles. The van der Waals surface area contributed by atoms with Gasteiger partial charge in [-0.1, -0.05) is 43.4 Å². The van der Waals surface area contributed by atoms with Crippen molar-refractivity contribution in [2.75, 3.05) is 45.9 Å². The zero-order chi connectivity index (χ0) is 36.9. The van der Waals surface area contributed by atoms with Crippen molar-refractivity contribution >= 4 is 46.6 Å². The summed E-state index contributed by atoms with van der Waals surface area (Å²) in [5.74, 6) is -0.0234. The van der Waals surface area contributed by atoms with Crippen molar-refractivity contribution in [2.24, 2.45) is 0 Å². The fourth-order valence-electron chi connectivity index (χ4n) is 6.30. The van der Waals surface area contributed by atoms with E-state index in [4.69, 9.17) is 24.0 Å². The number of ether oxygens (including phenoxy) is 1. The highest BCUT2D eigenvalue weighted by Gasteiger charge is 2.41. The van der Waals surface area contributed by atoms with Crippen molar-refractivity contribution in [1.82, 2.24) is 25.1 Å². The van der Waals surface area contributed by atoms with Crippen LogP contribution in [0.25, 0.3) is 10.2 Å². The van der Waals surface area contributed by atoms with Gasteiger partial charge < -0.3 is 49.4 Å². The molecule has 2 saturated heterocycles. The Balaban J connectivity index is 0.000000943. The van der Waals surface area contributed by atoms with E-state index in [0.29, 0.717) is 72.2 Å². The molecule has 1 spiro atoms. The number of carbonyl (C=O) groups is 1. The van der Waals surface area contributed by atoms with Crippen molar-refractivity contribution in [2.45, 2.75) is 57.3 Å². The van der Waals surface area contributed by atoms with Gasteiger partial charge >= 0.3 is 4.87 Å². The third kappa shape index (κ3) is 10.5. The number of H-pyrrole nitrogens is 1. The molecule has 278 valence electrons. The number of benzene rings is 2. The lowest BCUT2D eigenvalue weighted by molar-refractivity contribution is -0.337. The van der Waals surface area contributed by atoms with Gasteiger partial charge in [-0.15, -0.1) is 11.3 Å². The third-order valence-corrected chi connectivity index (χ3v) is 11.0. The van der Waals surface area contributed by atoms with Crippen LogP contribution in [-0.2, 0) is 22.3 Å². The number of halogens is 1. The number of phenolic OH excluding ortho intramolecular Hbond substituents is 1. The summed E-state index contributed by atoms with van der Waals surface area (Å²) in [6.45, 7) is 8.84. The number of phenols is 1. The minimum Gasteiger partial charge on any atom is -0.790 e. The van der Waals surface area contributed by atoms with Gasteiger partial charge in [0.2, 0.25) is 0 Å². The lowest BCUT2D eigenvalue weighted by atomic mass is 9.89. The molecule has 5 N–H and O–H groups in total. The molecular weight excluding hydrogens is 724 g/mol. The summed E-state index contributed by atoms with van der Waals surface area (Å²) in [7, 11) is -5.14. The van der Waals surface area contributed by atoms with E-state index >= 15 is 0 Å². The Morgan fingerprint density at radius 3 is 2.63 bits per heavy atom. The van der Waals surface area contributed by atoms with E-state index < -0.39 is 13.9 Å². The summed E-state index contributed by atoms with van der Waals surface area (Å²) < 4.78 is 30.2. The number of phosphoric acid groups is 1. The van der Waals surface area contributed by atoms with Crippen molar-refractivity contribution < 1.29 is 43.4 Å². The summed E-state index contributed by atoms with van der Waals surface area (Å²) in [6, 6.07) is 8.32. The normalized spacial score (nSPS) is 17.1. The summed E-state index contributed by atoms with van der Waals surface area (Å²) in [4.78, 5) is 60.4. The van der Waals surface area contributed by atoms with E-state index in [-0.39, 0.29) is 34.5 Å². The molecule has 0 bridgehead atoms. The molecule has 0 radical (unpaired) electrons. The van der Waals surface area contributed by atoms with Crippen LogP contribution in [0.15, 0.2) is 40.5 Å². The van der Waals surface area contributed by atoms with Crippen LogP contribution in [0.4, 0.5) is 4.39 Å². The van der Waals surface area contributed by atoms with Crippen molar-refractivity contribution in [3.8, 4) is 5.75 Å². The van der Waals surface area contributed by atoms with E-state index in [1.165, 1.54) is 23.5 Å². The first-order chi connectivity index (χ1) is 24.1. The predicted octanol–water partition coefficient (Wildman–Crippen LogP) is 2.19. The van der Waals surface area contributed by atoms with Crippen molar-refractivity contribution in [3.05, 3.63) is 78.6 Å². The first-order valence-electron chi connectivity index (χ1n) is 16.5. The molecule has 6 rings (SSSR count). The summed E-state index contributed by atoms with van der Waals surface area (Å²) >= 11 is 2.48. The monoisotopic (exact) mass is 765 g/mol. The Bertz CT molecular complexity index is 1910. The highest BCUT2D eigenvalue weighted by molar-refractivity contribution is 7.42. The molecule has 1 atom stereocenters. The van der Waals surface area contributed by atoms with E-state index in [2.05, 4.69) is 34.0 Å². The van der Waals surface area contributed by atoms with Crippen LogP contribution in [0.5, 0.6) is 5.75 Å². The van der Waals surface area contributed by atoms with Gasteiger partial charge in [0.05, 0.1) is 42.4 Å². The highest BCUT2D eigenvalue weighted by atomic mass is 32.1. The molecule has 0 saturated carbocycles. The second-order valence-electron chi connectivity index (χ2n) is 13.0. The predicted molar refractivity (Wildman–Crippen MR) is 187 cm³/mol. The number of aliphatic hydroxyl groups excluding tert-OH is 1. The fourth-order valence-corrected chi connectivity index (χ4v) is 8.03. The topological polar surface area (TPSA) is 214 Å². The molecule has 4 heterocycles. The molecule has 0 aliphatic carbocycles. The second-order valence-corrected chi connectivity index (χ2v) is 15.8. The second kappa shape index (κ2) is 16.7. The lowest BCUT2D eigenvalue weighted by Gasteiger charge is -2.47. The Morgan fingerprint density at radius 1 is 1.22 bits per heavy atom. The molecule has 18 heteroatoms. The van der Waals surface area contributed by atoms with Crippen molar-refractivity contribution in [3.63, 3.8) is 0 Å². The van der Waals surface area contributed by atoms with Gasteiger partial charge in [0, 0.05) is 49.6 Å². The fraction of sp³-hybridized carbons (Fsp3) is 0.485. The number of aromatic amines is 1. The number of piperidine rings is 1. The van der Waals surface area contributed by atoms with Crippen LogP contribution in [0.3, 0.4) is 0 Å². The molecule has 2 aliphatic rings. The highest BCUT2D eigenvalue weighted by Crippen LogP contribution is 2.33.